The van der Waals surface area contributed by atoms with Gasteiger partial charge in [0.15, 0.2) is 0 Å². The highest BCUT2D eigenvalue weighted by Crippen LogP contribution is 2.27. The van der Waals surface area contributed by atoms with Crippen LogP contribution in [0.25, 0.3) is 0 Å². The fraction of sp³-hybridized carbons (Fsp3) is 0.929. The Kier molecular flexibility index (Phi) is 19.6. The summed E-state index contributed by atoms with van der Waals surface area (Å²) in [6.07, 6.45) is 8.37. The van der Waals surface area contributed by atoms with Gasteiger partial charge < -0.3 is 49.6 Å². The molecule has 8 atom stereocenters. The third-order valence-corrected chi connectivity index (χ3v) is 6.99. The average Bonchev–Trinajstić information content (AvgIpc) is 3.67. The molecule has 0 aromatic heterocycles. The smallest absolute Gasteiger partial charge is 0.303 e. The molecular weight excluding hydrogens is 528 g/mol. The summed E-state index contributed by atoms with van der Waals surface area (Å²) in [4.78, 5) is 20.1. The third kappa shape index (κ3) is 14.5. The van der Waals surface area contributed by atoms with E-state index in [1.54, 1.807) is 0 Å². The van der Waals surface area contributed by atoms with Gasteiger partial charge in [0, 0.05) is 12.8 Å². The zero-order chi connectivity index (χ0) is 29.9. The molecule has 4 aliphatic rings. The van der Waals surface area contributed by atoms with Crippen molar-refractivity contribution in [2.75, 3.05) is 26.4 Å². The molecular formula is C28H52O12. The van der Waals surface area contributed by atoms with Gasteiger partial charge in [0.1, 0.15) is 48.8 Å². The number of carboxylic acids is 2. The first-order valence-electron chi connectivity index (χ1n) is 14.7. The Balaban J connectivity index is 0.000000267. The van der Waals surface area contributed by atoms with E-state index in [9.17, 15) is 9.59 Å². The number of ether oxygens (including phenoxy) is 4. The van der Waals surface area contributed by atoms with E-state index in [1.165, 1.54) is 38.5 Å². The van der Waals surface area contributed by atoms with Crippen LogP contribution in [0.5, 0.6) is 0 Å². The summed E-state index contributed by atoms with van der Waals surface area (Å²) in [6.45, 7) is 5.44. The van der Waals surface area contributed by atoms with Gasteiger partial charge in [-0.15, -0.1) is 0 Å². The molecule has 4 fully saturated rings. The van der Waals surface area contributed by atoms with Crippen molar-refractivity contribution in [3.63, 3.8) is 0 Å². The lowest BCUT2D eigenvalue weighted by molar-refractivity contribution is -0.138. The van der Waals surface area contributed by atoms with Crippen LogP contribution in [0.1, 0.15) is 90.9 Å². The van der Waals surface area contributed by atoms with Crippen molar-refractivity contribution in [3.8, 4) is 0 Å². The van der Waals surface area contributed by atoms with E-state index in [1.807, 2.05) is 0 Å². The van der Waals surface area contributed by atoms with Crippen molar-refractivity contribution in [2.45, 2.75) is 140 Å². The summed E-state index contributed by atoms with van der Waals surface area (Å²) in [5, 5.41) is 53.2. The second-order valence-corrected chi connectivity index (χ2v) is 10.6. The lowest BCUT2D eigenvalue weighted by atomic mass is 10.1. The van der Waals surface area contributed by atoms with E-state index >= 15 is 0 Å². The lowest BCUT2D eigenvalue weighted by Gasteiger charge is -2.09. The van der Waals surface area contributed by atoms with E-state index in [0.717, 1.165) is 25.7 Å². The zero-order valence-electron chi connectivity index (χ0n) is 24.1. The Morgan fingerprint density at radius 1 is 0.500 bits per heavy atom. The van der Waals surface area contributed by atoms with Crippen LogP contribution >= 0.6 is 0 Å². The maximum atomic E-state index is 10.0. The quantitative estimate of drug-likeness (QED) is 0.184. The number of hydrogen-bond donors (Lipinski definition) is 6. The van der Waals surface area contributed by atoms with Crippen LogP contribution in [0.3, 0.4) is 0 Å². The van der Waals surface area contributed by atoms with Gasteiger partial charge in [-0.2, -0.15) is 0 Å². The van der Waals surface area contributed by atoms with Crippen LogP contribution in [0.2, 0.25) is 0 Å². The number of rotatable bonds is 12. The molecule has 0 spiro atoms. The first kappa shape index (κ1) is 36.6. The first-order chi connectivity index (χ1) is 19.1. The van der Waals surface area contributed by atoms with Crippen molar-refractivity contribution >= 4 is 11.9 Å². The van der Waals surface area contributed by atoms with Gasteiger partial charge in [0.2, 0.25) is 0 Å². The van der Waals surface area contributed by atoms with E-state index in [-0.39, 0.29) is 50.8 Å². The summed E-state index contributed by atoms with van der Waals surface area (Å²) < 4.78 is 20.3. The fourth-order valence-corrected chi connectivity index (χ4v) is 4.68. The summed E-state index contributed by atoms with van der Waals surface area (Å²) >= 11 is 0. The topological polar surface area (TPSA) is 192 Å². The average molecular weight is 581 g/mol. The molecule has 4 aliphatic heterocycles. The van der Waals surface area contributed by atoms with Crippen molar-refractivity contribution in [2.24, 2.45) is 0 Å². The number of fused-ring (bicyclic) bond motifs is 2. The highest BCUT2D eigenvalue weighted by molar-refractivity contribution is 5.66. The third-order valence-electron chi connectivity index (χ3n) is 6.99. The molecule has 4 rings (SSSR count). The molecule has 236 valence electrons. The molecule has 40 heavy (non-hydrogen) atoms. The highest BCUT2D eigenvalue weighted by atomic mass is 16.6. The number of unbranched alkanes of at least 4 members (excludes halogenated alkanes) is 8. The maximum absolute atomic E-state index is 10.0. The number of hydrogen-bond acceptors (Lipinski definition) is 10. The monoisotopic (exact) mass is 580 g/mol. The predicted molar refractivity (Wildman–Crippen MR) is 145 cm³/mol. The number of carbonyl (C=O) groups is 2. The summed E-state index contributed by atoms with van der Waals surface area (Å²) in [5.41, 5.74) is 0. The highest BCUT2D eigenvalue weighted by Gasteiger charge is 2.47. The van der Waals surface area contributed by atoms with Gasteiger partial charge in [-0.25, -0.2) is 0 Å². The Bertz CT molecular complexity index is 590. The molecule has 0 saturated carbocycles. The molecule has 12 nitrogen and oxygen atoms in total. The normalized spacial score (nSPS) is 31.6. The molecule has 0 aromatic carbocycles. The SMILES string of the molecule is CCCCCCCC(=O)O.CCCCCCCC(=O)O.O[C@@H]1CO[C@H]2[C@@H]1OC[C@@H]2O.O[C@@H]1CO[C@H]2[C@@H]1OC[C@@H]2O. The Hall–Kier alpha value is -1.38. The second-order valence-electron chi connectivity index (χ2n) is 10.6. The first-order valence-corrected chi connectivity index (χ1v) is 14.7. The minimum absolute atomic E-state index is 0.284. The Morgan fingerprint density at radius 3 is 0.975 bits per heavy atom. The van der Waals surface area contributed by atoms with Gasteiger partial charge in [-0.1, -0.05) is 65.2 Å². The molecule has 0 amide bonds. The predicted octanol–water partition coefficient (Wildman–Crippen LogP) is 1.87. The summed E-state index contributed by atoms with van der Waals surface area (Å²) in [5.74, 6) is -1.34. The molecule has 6 N–H and O–H groups in total. The van der Waals surface area contributed by atoms with Crippen molar-refractivity contribution < 1.29 is 59.2 Å². The minimum Gasteiger partial charge on any atom is -0.481 e. The van der Waals surface area contributed by atoms with Gasteiger partial charge in [-0.3, -0.25) is 9.59 Å². The molecule has 12 heteroatoms. The zero-order valence-corrected chi connectivity index (χ0v) is 24.1. The van der Waals surface area contributed by atoms with E-state index in [2.05, 4.69) is 13.8 Å². The molecule has 0 aliphatic carbocycles. The lowest BCUT2D eigenvalue weighted by Crippen LogP contribution is -2.30. The molecule has 0 bridgehead atoms. The van der Waals surface area contributed by atoms with E-state index in [4.69, 9.17) is 49.6 Å². The van der Waals surface area contributed by atoms with Crippen molar-refractivity contribution in [3.05, 3.63) is 0 Å². The van der Waals surface area contributed by atoms with Gasteiger partial charge in [-0.05, 0) is 12.8 Å². The van der Waals surface area contributed by atoms with Gasteiger partial charge in [0.25, 0.3) is 0 Å². The Labute approximate surface area is 237 Å². The number of carboxylic acid groups (broad SMARTS) is 2. The largest absolute Gasteiger partial charge is 0.481 e. The van der Waals surface area contributed by atoms with Crippen LogP contribution in [0.15, 0.2) is 0 Å². The standard InChI is InChI=1S/2C8H16O2.2C6H10O4/c2*1-2-3-4-5-6-7-8(9)10;2*7-3-1-9-6-4(8)2-10-5(3)6/h2*2-7H2,1H3,(H,9,10);2*3-8H,1-2H2/t;;2*3-,4+,5-,6-/m..11/s1. The van der Waals surface area contributed by atoms with E-state index < -0.39 is 36.4 Å². The van der Waals surface area contributed by atoms with Crippen LogP contribution in [0, 0.1) is 0 Å². The van der Waals surface area contributed by atoms with Gasteiger partial charge in [0.05, 0.1) is 26.4 Å². The number of aliphatic hydroxyl groups is 4. The van der Waals surface area contributed by atoms with Crippen LogP contribution in [-0.4, -0.2) is 118 Å². The molecule has 0 aromatic rings. The molecule has 4 heterocycles. The molecule has 0 unspecified atom stereocenters. The van der Waals surface area contributed by atoms with Crippen molar-refractivity contribution in [1.82, 2.24) is 0 Å². The van der Waals surface area contributed by atoms with Gasteiger partial charge >= 0.3 is 11.9 Å². The van der Waals surface area contributed by atoms with Crippen LogP contribution < -0.4 is 0 Å². The minimum atomic E-state index is -0.670. The Morgan fingerprint density at radius 2 is 0.750 bits per heavy atom. The van der Waals surface area contributed by atoms with E-state index in [0.29, 0.717) is 12.8 Å². The van der Waals surface area contributed by atoms with Crippen LogP contribution in [-0.2, 0) is 28.5 Å². The summed E-state index contributed by atoms with van der Waals surface area (Å²) in [6, 6.07) is 0. The molecule has 0 radical (unpaired) electrons. The fourth-order valence-electron chi connectivity index (χ4n) is 4.68. The molecule has 4 saturated heterocycles. The maximum Gasteiger partial charge on any atom is 0.303 e. The second kappa shape index (κ2) is 21.3. The summed E-state index contributed by atoms with van der Waals surface area (Å²) in [7, 11) is 0. The number of aliphatic hydroxyl groups excluding tert-OH is 4. The number of aliphatic carboxylic acids is 2. The van der Waals surface area contributed by atoms with Crippen molar-refractivity contribution in [1.29, 1.82) is 0 Å². The van der Waals surface area contributed by atoms with Crippen LogP contribution in [0.4, 0.5) is 0 Å².